The zero-order valence-electron chi connectivity index (χ0n) is 18.4. The predicted octanol–water partition coefficient (Wildman–Crippen LogP) is 2.66. The van der Waals surface area contributed by atoms with Crippen molar-refractivity contribution in [2.45, 2.75) is 4.90 Å². The van der Waals surface area contributed by atoms with Crippen molar-refractivity contribution in [1.82, 2.24) is 4.31 Å². The first-order valence-electron chi connectivity index (χ1n) is 9.89. The van der Waals surface area contributed by atoms with Crippen LogP contribution in [0.5, 0.6) is 11.5 Å². The summed E-state index contributed by atoms with van der Waals surface area (Å²) in [6.07, 6.45) is 0. The second-order valence-corrected chi connectivity index (χ2v) is 9.28. The van der Waals surface area contributed by atoms with Gasteiger partial charge in [-0.1, -0.05) is 36.4 Å². The lowest BCUT2D eigenvalue weighted by Gasteiger charge is -2.15. The first-order valence-corrected chi connectivity index (χ1v) is 11.3. The van der Waals surface area contributed by atoms with Gasteiger partial charge in [0, 0.05) is 19.5 Å². The van der Waals surface area contributed by atoms with Crippen LogP contribution in [0, 0.1) is 0 Å². The van der Waals surface area contributed by atoms with Crippen molar-refractivity contribution >= 4 is 38.4 Å². The molecule has 0 atom stereocenters. The van der Waals surface area contributed by atoms with E-state index in [4.69, 9.17) is 14.2 Å². The van der Waals surface area contributed by atoms with Crippen LogP contribution < -0.4 is 14.8 Å². The highest BCUT2D eigenvalue weighted by Gasteiger charge is 2.20. The minimum absolute atomic E-state index is 0.0240. The smallest absolute Gasteiger partial charge is 0.344 e. The Morgan fingerprint density at radius 1 is 0.939 bits per heavy atom. The summed E-state index contributed by atoms with van der Waals surface area (Å²) in [7, 11) is 0.475. The number of anilines is 1. The van der Waals surface area contributed by atoms with Gasteiger partial charge in [-0.3, -0.25) is 4.79 Å². The third kappa shape index (κ3) is 5.79. The molecule has 0 bridgehead atoms. The van der Waals surface area contributed by atoms with Crippen molar-refractivity contribution in [3.05, 3.63) is 60.7 Å². The lowest BCUT2D eigenvalue weighted by Crippen LogP contribution is -2.25. The molecule has 0 aliphatic rings. The normalized spacial score (nSPS) is 11.3. The third-order valence-electron chi connectivity index (χ3n) is 4.68. The molecule has 0 saturated heterocycles. The van der Waals surface area contributed by atoms with Crippen molar-refractivity contribution in [3.63, 3.8) is 0 Å². The second-order valence-electron chi connectivity index (χ2n) is 7.12. The third-order valence-corrected chi connectivity index (χ3v) is 6.49. The molecule has 0 aromatic heterocycles. The highest BCUT2D eigenvalue weighted by Crippen LogP contribution is 2.28. The zero-order valence-corrected chi connectivity index (χ0v) is 19.2. The SMILES string of the molecule is COc1ccc(S(=O)(=O)N(C)C)cc1NC(=O)COC(=O)COc1cccc2ccccc12. The van der Waals surface area contributed by atoms with Crippen molar-refractivity contribution in [1.29, 1.82) is 0 Å². The van der Waals surface area contributed by atoms with Crippen LogP contribution in [-0.4, -0.2) is 59.0 Å². The number of carbonyl (C=O) groups is 2. The maximum atomic E-state index is 12.3. The molecule has 0 spiro atoms. The molecule has 0 aliphatic heterocycles. The Morgan fingerprint density at radius 3 is 2.39 bits per heavy atom. The summed E-state index contributed by atoms with van der Waals surface area (Å²) < 4.78 is 41.4. The van der Waals surface area contributed by atoms with Gasteiger partial charge < -0.3 is 19.5 Å². The Balaban J connectivity index is 1.59. The van der Waals surface area contributed by atoms with Crippen LogP contribution in [0.25, 0.3) is 10.8 Å². The Labute approximate surface area is 191 Å². The van der Waals surface area contributed by atoms with Gasteiger partial charge in [-0.05, 0) is 29.7 Å². The fourth-order valence-electron chi connectivity index (χ4n) is 2.99. The fourth-order valence-corrected chi connectivity index (χ4v) is 3.92. The number of rotatable bonds is 9. The molecule has 0 heterocycles. The highest BCUT2D eigenvalue weighted by atomic mass is 32.2. The van der Waals surface area contributed by atoms with Crippen LogP contribution in [0.4, 0.5) is 5.69 Å². The van der Waals surface area contributed by atoms with E-state index in [1.807, 2.05) is 36.4 Å². The molecule has 1 N–H and O–H groups in total. The molecule has 3 aromatic carbocycles. The van der Waals surface area contributed by atoms with Crippen LogP contribution in [0.15, 0.2) is 65.6 Å². The molecule has 0 unspecified atom stereocenters. The summed E-state index contributed by atoms with van der Waals surface area (Å²) >= 11 is 0. The molecule has 3 rings (SSSR count). The molecule has 174 valence electrons. The maximum Gasteiger partial charge on any atom is 0.344 e. The van der Waals surface area contributed by atoms with E-state index in [2.05, 4.69) is 5.32 Å². The topological polar surface area (TPSA) is 111 Å². The van der Waals surface area contributed by atoms with Gasteiger partial charge in [0.1, 0.15) is 11.5 Å². The number of benzene rings is 3. The monoisotopic (exact) mass is 472 g/mol. The number of hydrogen-bond acceptors (Lipinski definition) is 7. The van der Waals surface area contributed by atoms with Crippen molar-refractivity contribution in [3.8, 4) is 11.5 Å². The van der Waals surface area contributed by atoms with E-state index in [9.17, 15) is 18.0 Å². The summed E-state index contributed by atoms with van der Waals surface area (Å²) in [5.41, 5.74) is 0.133. The Bertz CT molecular complexity index is 1270. The van der Waals surface area contributed by atoms with Crippen LogP contribution in [0.3, 0.4) is 0 Å². The van der Waals surface area contributed by atoms with Crippen molar-refractivity contribution in [2.75, 3.05) is 39.7 Å². The molecule has 10 heteroatoms. The standard InChI is InChI=1S/C23H24N2O7S/c1-25(2)33(28,29)17-11-12-21(30-3)19(13-17)24-22(26)14-32-23(27)15-31-20-10-6-8-16-7-4-5-9-18(16)20/h4-13H,14-15H2,1-3H3,(H,24,26). The van der Waals surface area contributed by atoms with Crippen molar-refractivity contribution in [2.24, 2.45) is 0 Å². The fraction of sp³-hybridized carbons (Fsp3) is 0.217. The van der Waals surface area contributed by atoms with Crippen LogP contribution in [0.1, 0.15) is 0 Å². The number of carbonyl (C=O) groups excluding carboxylic acids is 2. The lowest BCUT2D eigenvalue weighted by atomic mass is 10.1. The first kappa shape index (κ1) is 24.0. The van der Waals surface area contributed by atoms with E-state index in [0.29, 0.717) is 5.75 Å². The number of fused-ring (bicyclic) bond motifs is 1. The molecule has 33 heavy (non-hydrogen) atoms. The lowest BCUT2D eigenvalue weighted by molar-refractivity contribution is -0.149. The average molecular weight is 473 g/mol. The Morgan fingerprint density at radius 2 is 1.67 bits per heavy atom. The molecule has 0 radical (unpaired) electrons. The number of methoxy groups -OCH3 is 1. The molecule has 0 saturated carbocycles. The summed E-state index contributed by atoms with van der Waals surface area (Å²) in [5.74, 6) is -0.606. The summed E-state index contributed by atoms with van der Waals surface area (Å²) in [4.78, 5) is 24.3. The summed E-state index contributed by atoms with van der Waals surface area (Å²) in [5, 5.41) is 4.32. The van der Waals surface area contributed by atoms with Gasteiger partial charge in [0.25, 0.3) is 5.91 Å². The Hall–Kier alpha value is -3.63. The van der Waals surface area contributed by atoms with Gasteiger partial charge in [-0.2, -0.15) is 0 Å². The number of ether oxygens (including phenoxy) is 3. The highest BCUT2D eigenvalue weighted by molar-refractivity contribution is 7.89. The van der Waals surface area contributed by atoms with Crippen molar-refractivity contribution < 1.29 is 32.2 Å². The summed E-state index contributed by atoms with van der Waals surface area (Å²) in [6, 6.07) is 17.1. The first-order chi connectivity index (χ1) is 15.7. The summed E-state index contributed by atoms with van der Waals surface area (Å²) in [6.45, 7) is -0.952. The largest absolute Gasteiger partial charge is 0.495 e. The molecule has 0 aliphatic carbocycles. The molecule has 0 fully saturated rings. The van der Waals surface area contributed by atoms with Gasteiger partial charge in [0.15, 0.2) is 13.2 Å². The van der Waals surface area contributed by atoms with Gasteiger partial charge in [-0.15, -0.1) is 0 Å². The van der Waals surface area contributed by atoms with E-state index in [0.717, 1.165) is 15.1 Å². The second kappa shape index (κ2) is 10.3. The Kier molecular flexibility index (Phi) is 7.52. The minimum Gasteiger partial charge on any atom is -0.495 e. The number of nitrogens with one attached hydrogen (secondary N) is 1. The quantitative estimate of drug-likeness (QED) is 0.477. The van der Waals surface area contributed by atoms with Gasteiger partial charge in [-0.25, -0.2) is 17.5 Å². The van der Waals surface area contributed by atoms with Crippen LogP contribution in [0.2, 0.25) is 0 Å². The predicted molar refractivity (Wildman–Crippen MR) is 123 cm³/mol. The van der Waals surface area contributed by atoms with E-state index >= 15 is 0 Å². The number of esters is 1. The van der Waals surface area contributed by atoms with E-state index in [1.165, 1.54) is 39.4 Å². The minimum atomic E-state index is -3.71. The maximum absolute atomic E-state index is 12.3. The molecule has 9 nitrogen and oxygen atoms in total. The van der Waals surface area contributed by atoms with Gasteiger partial charge >= 0.3 is 5.97 Å². The molecular weight excluding hydrogens is 448 g/mol. The van der Waals surface area contributed by atoms with E-state index in [1.54, 1.807) is 6.07 Å². The molecule has 1 amide bonds. The molecule has 3 aromatic rings. The number of sulfonamides is 1. The van der Waals surface area contributed by atoms with Gasteiger partial charge in [0.05, 0.1) is 17.7 Å². The van der Waals surface area contributed by atoms with Gasteiger partial charge in [0.2, 0.25) is 10.0 Å². The van der Waals surface area contributed by atoms with Crippen LogP contribution in [-0.2, 0) is 24.3 Å². The van der Waals surface area contributed by atoms with Crippen LogP contribution >= 0.6 is 0 Å². The van der Waals surface area contributed by atoms with E-state index in [-0.39, 0.29) is 22.9 Å². The number of nitrogens with zero attached hydrogens (tertiary/aromatic N) is 1. The number of hydrogen-bond donors (Lipinski definition) is 1. The zero-order chi connectivity index (χ0) is 24.0. The number of amides is 1. The van der Waals surface area contributed by atoms with E-state index < -0.39 is 28.5 Å². The molecular formula is C23H24N2O7S. The average Bonchev–Trinajstić information content (AvgIpc) is 2.81.